The van der Waals surface area contributed by atoms with Crippen LogP contribution < -0.4 is 10.2 Å². The Morgan fingerprint density at radius 2 is 1.88 bits per heavy atom. The van der Waals surface area contributed by atoms with E-state index >= 15 is 0 Å². The first kappa shape index (κ1) is 27.4. The average molecular weight is 574 g/mol. The number of hydrogen-bond donors (Lipinski definition) is 1. The van der Waals surface area contributed by atoms with Crippen LogP contribution in [0.5, 0.6) is 0 Å². The van der Waals surface area contributed by atoms with Crippen molar-refractivity contribution >= 4 is 29.1 Å². The molecule has 1 atom stereocenters. The third-order valence-electron chi connectivity index (χ3n) is 8.02. The van der Waals surface area contributed by atoms with Crippen LogP contribution in [0.25, 0.3) is 11.3 Å². The number of anilines is 2. The van der Waals surface area contributed by atoms with Crippen LogP contribution in [0.3, 0.4) is 0 Å². The Hall–Kier alpha value is -3.82. The molecule has 212 valence electrons. The van der Waals surface area contributed by atoms with E-state index in [-0.39, 0.29) is 22.8 Å². The van der Waals surface area contributed by atoms with Gasteiger partial charge in [-0.3, -0.25) is 4.79 Å². The second-order valence-electron chi connectivity index (χ2n) is 11.1. The Labute approximate surface area is 244 Å². The highest BCUT2D eigenvalue weighted by molar-refractivity contribution is 6.31. The molecular formula is C31H33ClFN7O. The molecule has 2 aromatic carbocycles. The predicted molar refractivity (Wildman–Crippen MR) is 159 cm³/mol. The van der Waals surface area contributed by atoms with Crippen molar-refractivity contribution in [3.63, 3.8) is 0 Å². The number of carbonyl (C=O) groups is 1. The number of benzene rings is 2. The Morgan fingerprint density at radius 3 is 2.61 bits per heavy atom. The number of likely N-dealkylation sites (N-methyl/N-ethyl adjacent to an activating group) is 1. The van der Waals surface area contributed by atoms with Crippen molar-refractivity contribution in [2.45, 2.75) is 37.6 Å². The number of rotatable bonds is 8. The van der Waals surface area contributed by atoms with E-state index in [9.17, 15) is 9.18 Å². The molecule has 1 unspecified atom stereocenters. The van der Waals surface area contributed by atoms with Gasteiger partial charge < -0.3 is 19.7 Å². The maximum Gasteiger partial charge on any atom is 0.233 e. The van der Waals surface area contributed by atoms with E-state index in [1.807, 2.05) is 30.3 Å². The van der Waals surface area contributed by atoms with Crippen LogP contribution in [0.1, 0.15) is 41.6 Å². The molecule has 41 heavy (non-hydrogen) atoms. The monoisotopic (exact) mass is 573 g/mol. The molecule has 2 aromatic heterocycles. The van der Waals surface area contributed by atoms with Crippen molar-refractivity contribution < 1.29 is 9.18 Å². The number of aromatic nitrogens is 4. The highest BCUT2D eigenvalue weighted by Gasteiger charge is 2.37. The number of carbonyl (C=O) groups excluding carboxylic acids is 1. The number of halogens is 2. The largest absolute Gasteiger partial charge is 0.356 e. The Balaban J connectivity index is 1.23. The minimum absolute atomic E-state index is 0.0307. The van der Waals surface area contributed by atoms with Crippen molar-refractivity contribution in [1.29, 1.82) is 0 Å². The highest BCUT2D eigenvalue weighted by Crippen LogP contribution is 2.41. The van der Waals surface area contributed by atoms with Gasteiger partial charge >= 0.3 is 0 Å². The van der Waals surface area contributed by atoms with Crippen molar-refractivity contribution in [2.75, 3.05) is 43.9 Å². The Morgan fingerprint density at radius 1 is 1.10 bits per heavy atom. The molecule has 1 N–H and O–H groups in total. The lowest BCUT2D eigenvalue weighted by Crippen LogP contribution is -2.35. The zero-order valence-corrected chi connectivity index (χ0v) is 24.0. The van der Waals surface area contributed by atoms with Crippen molar-refractivity contribution in [1.82, 2.24) is 24.4 Å². The molecule has 2 aliphatic rings. The molecule has 6 rings (SSSR count). The molecule has 2 aliphatic heterocycles. The number of nitrogens with zero attached hydrogens (tertiary/aromatic N) is 6. The second-order valence-corrected chi connectivity index (χ2v) is 11.5. The van der Waals surface area contributed by atoms with Gasteiger partial charge in [-0.25, -0.2) is 19.3 Å². The standard InChI is InChI=1S/C31H33ClFN7O/c1-38(2)14-15-40-18-26(22-8-9-25(33)24(32)17-22)36-29(40)21-10-12-39(13-11-21)30-27-23(16-20-6-4-3-5-7-20)31(41)37-28(27)34-19-35-30/h3-9,17-19,21,23H,10-16H2,1-2H3,(H,34,35,37,41). The average Bonchev–Trinajstić information content (AvgIpc) is 3.55. The topological polar surface area (TPSA) is 79.2 Å². The summed E-state index contributed by atoms with van der Waals surface area (Å²) in [6.45, 7) is 3.26. The number of fused-ring (bicyclic) bond motifs is 1. The fraction of sp³-hybridized carbons (Fsp3) is 0.355. The third-order valence-corrected chi connectivity index (χ3v) is 8.31. The SMILES string of the molecule is CN(C)CCn1cc(-c2ccc(F)c(Cl)c2)nc1C1CCN(c2ncnc3c2C(Cc2ccccc2)C(=O)N3)CC1. The molecular weight excluding hydrogens is 541 g/mol. The summed E-state index contributed by atoms with van der Waals surface area (Å²) in [6, 6.07) is 14.8. The van der Waals surface area contributed by atoms with E-state index < -0.39 is 5.82 Å². The van der Waals surface area contributed by atoms with E-state index in [4.69, 9.17) is 16.6 Å². The molecule has 0 radical (unpaired) electrons. The maximum atomic E-state index is 13.8. The summed E-state index contributed by atoms with van der Waals surface area (Å²) in [5, 5.41) is 3.06. The van der Waals surface area contributed by atoms with Gasteiger partial charge in [0.15, 0.2) is 0 Å². The zero-order valence-electron chi connectivity index (χ0n) is 23.2. The molecule has 1 saturated heterocycles. The van der Waals surface area contributed by atoms with Crippen LogP contribution in [0.4, 0.5) is 16.0 Å². The molecule has 4 aromatic rings. The summed E-state index contributed by atoms with van der Waals surface area (Å²) < 4.78 is 16.0. The van der Waals surface area contributed by atoms with Gasteiger partial charge in [0, 0.05) is 43.9 Å². The lowest BCUT2D eigenvalue weighted by atomic mass is 9.92. The van der Waals surface area contributed by atoms with Gasteiger partial charge in [0.2, 0.25) is 5.91 Å². The van der Waals surface area contributed by atoms with Gasteiger partial charge in [-0.1, -0.05) is 41.9 Å². The number of imidazole rings is 1. The molecule has 0 aliphatic carbocycles. The summed E-state index contributed by atoms with van der Waals surface area (Å²) in [7, 11) is 4.11. The molecule has 10 heteroatoms. The zero-order chi connectivity index (χ0) is 28.5. The van der Waals surface area contributed by atoms with E-state index in [1.54, 1.807) is 18.5 Å². The van der Waals surface area contributed by atoms with Crippen LogP contribution >= 0.6 is 11.6 Å². The smallest absolute Gasteiger partial charge is 0.233 e. The molecule has 0 spiro atoms. The fourth-order valence-electron chi connectivity index (χ4n) is 5.83. The third kappa shape index (κ3) is 5.69. The molecule has 4 heterocycles. The van der Waals surface area contributed by atoms with E-state index in [0.29, 0.717) is 12.2 Å². The number of hydrogen-bond acceptors (Lipinski definition) is 6. The molecule has 0 bridgehead atoms. The molecule has 0 saturated carbocycles. The van der Waals surface area contributed by atoms with Crippen molar-refractivity contribution in [3.8, 4) is 11.3 Å². The summed E-state index contributed by atoms with van der Waals surface area (Å²) in [6.07, 6.45) is 5.99. The number of amides is 1. The lowest BCUT2D eigenvalue weighted by Gasteiger charge is -2.34. The van der Waals surface area contributed by atoms with Crippen LogP contribution in [0.2, 0.25) is 5.02 Å². The van der Waals surface area contributed by atoms with Gasteiger partial charge in [0.05, 0.1) is 22.2 Å². The molecule has 8 nitrogen and oxygen atoms in total. The fourth-order valence-corrected chi connectivity index (χ4v) is 6.01. The van der Waals surface area contributed by atoms with Crippen molar-refractivity contribution in [3.05, 3.63) is 88.8 Å². The van der Waals surface area contributed by atoms with E-state index in [1.165, 1.54) is 6.07 Å². The van der Waals surface area contributed by atoms with E-state index in [2.05, 4.69) is 49.9 Å². The summed E-state index contributed by atoms with van der Waals surface area (Å²) in [5.41, 5.74) is 3.60. The van der Waals surface area contributed by atoms with Crippen LogP contribution in [0.15, 0.2) is 61.1 Å². The van der Waals surface area contributed by atoms with Gasteiger partial charge in [0.1, 0.15) is 29.6 Å². The predicted octanol–water partition coefficient (Wildman–Crippen LogP) is 5.36. The second kappa shape index (κ2) is 11.6. The molecule has 1 fully saturated rings. The van der Waals surface area contributed by atoms with Gasteiger partial charge in [0.25, 0.3) is 0 Å². The van der Waals surface area contributed by atoms with Gasteiger partial charge in [-0.2, -0.15) is 0 Å². The first-order valence-corrected chi connectivity index (χ1v) is 14.4. The summed E-state index contributed by atoms with van der Waals surface area (Å²) in [5.74, 6) is 1.96. The highest BCUT2D eigenvalue weighted by atomic mass is 35.5. The van der Waals surface area contributed by atoms with Crippen LogP contribution in [-0.4, -0.2) is 64.1 Å². The maximum absolute atomic E-state index is 13.8. The quantitative estimate of drug-likeness (QED) is 0.306. The number of nitrogens with one attached hydrogen (secondary N) is 1. The lowest BCUT2D eigenvalue weighted by molar-refractivity contribution is -0.117. The first-order chi connectivity index (χ1) is 19.9. The first-order valence-electron chi connectivity index (χ1n) is 14.0. The Kier molecular flexibility index (Phi) is 7.73. The van der Waals surface area contributed by atoms with Crippen LogP contribution in [0, 0.1) is 5.82 Å². The molecule has 1 amide bonds. The van der Waals surface area contributed by atoms with Gasteiger partial charge in [-0.05, 0) is 57.1 Å². The van der Waals surface area contributed by atoms with Crippen LogP contribution in [-0.2, 0) is 17.8 Å². The minimum atomic E-state index is -0.436. The normalized spacial score (nSPS) is 17.2. The van der Waals surface area contributed by atoms with Crippen molar-refractivity contribution in [2.24, 2.45) is 0 Å². The summed E-state index contributed by atoms with van der Waals surface area (Å²) >= 11 is 6.08. The summed E-state index contributed by atoms with van der Waals surface area (Å²) in [4.78, 5) is 31.5. The number of piperidine rings is 1. The minimum Gasteiger partial charge on any atom is -0.356 e. The Bertz CT molecular complexity index is 1550. The van der Waals surface area contributed by atoms with Gasteiger partial charge in [-0.15, -0.1) is 0 Å². The van der Waals surface area contributed by atoms with E-state index in [0.717, 1.165) is 73.0 Å².